The number of ether oxygens (including phenoxy) is 4. The van der Waals surface area contributed by atoms with E-state index in [1.165, 1.54) is 14.2 Å². The molecule has 8 nitrogen and oxygen atoms in total. The van der Waals surface area contributed by atoms with Crippen molar-refractivity contribution in [3.63, 3.8) is 0 Å². The van der Waals surface area contributed by atoms with Crippen LogP contribution in [-0.2, 0) is 38.1 Å². The van der Waals surface area contributed by atoms with Gasteiger partial charge in [-0.15, -0.1) is 12.6 Å². The third kappa shape index (κ3) is 5.61. The van der Waals surface area contributed by atoms with Crippen molar-refractivity contribution in [3.8, 4) is 0 Å². The maximum Gasteiger partial charge on any atom is 0.360 e. The third-order valence-corrected chi connectivity index (χ3v) is 12.9. The summed E-state index contributed by atoms with van der Waals surface area (Å²) in [4.78, 5) is 53.6. The summed E-state index contributed by atoms with van der Waals surface area (Å²) in [6, 6.07) is 0. The molecule has 0 aromatic heterocycles. The summed E-state index contributed by atoms with van der Waals surface area (Å²) in [6.45, 7) is 6.17. The zero-order valence-electron chi connectivity index (χ0n) is 22.0. The van der Waals surface area contributed by atoms with Gasteiger partial charge < -0.3 is 18.9 Å². The second-order valence-electron chi connectivity index (χ2n) is 8.53. The average Bonchev–Trinajstić information content (AvgIpc) is 3.16. The van der Waals surface area contributed by atoms with Crippen molar-refractivity contribution in [2.75, 3.05) is 46.9 Å². The Morgan fingerprint density at radius 3 is 1.43 bits per heavy atom. The van der Waals surface area contributed by atoms with Crippen molar-refractivity contribution in [1.29, 1.82) is 0 Å². The highest BCUT2D eigenvalue weighted by molar-refractivity contribution is 7.87. The Morgan fingerprint density at radius 2 is 1.09 bits per heavy atom. The third-order valence-electron chi connectivity index (χ3n) is 6.62. The van der Waals surface area contributed by atoms with Crippen LogP contribution < -0.4 is 0 Å². The topological polar surface area (TPSA) is 105 Å². The van der Waals surface area contributed by atoms with Crippen molar-refractivity contribution < 1.29 is 38.1 Å². The molecule has 0 aliphatic heterocycles. The van der Waals surface area contributed by atoms with E-state index in [2.05, 4.69) is 20.8 Å². The molecule has 0 N–H and O–H groups in total. The summed E-state index contributed by atoms with van der Waals surface area (Å²) in [7, 11) is 2.18. The largest absolute Gasteiger partial charge is 0.465 e. The lowest BCUT2D eigenvalue weighted by Gasteiger charge is -2.42. The molecule has 0 radical (unpaired) electrons. The van der Waals surface area contributed by atoms with Gasteiger partial charge in [-0.3, -0.25) is 0 Å². The molecule has 0 aromatic carbocycles. The fourth-order valence-electron chi connectivity index (χ4n) is 4.91. The van der Waals surface area contributed by atoms with Gasteiger partial charge in [0.05, 0.1) is 63.0 Å². The monoisotopic (exact) mass is 531 g/mol. The van der Waals surface area contributed by atoms with Crippen molar-refractivity contribution in [1.82, 2.24) is 0 Å². The van der Waals surface area contributed by atoms with Gasteiger partial charge in [-0.2, -0.15) is 0 Å². The van der Waals surface area contributed by atoms with E-state index in [1.807, 2.05) is 0 Å². The first-order valence-corrected chi connectivity index (χ1v) is 14.8. The first-order valence-electron chi connectivity index (χ1n) is 12.0. The number of carbonyl (C=O) groups excluding carboxylic acids is 4. The zero-order valence-corrected chi connectivity index (χ0v) is 23.8. The molecule has 0 amide bonds. The molecule has 35 heavy (non-hydrogen) atoms. The first kappa shape index (κ1) is 31.2. The first-order chi connectivity index (χ1) is 16.6. The smallest absolute Gasteiger partial charge is 0.360 e. The van der Waals surface area contributed by atoms with E-state index in [0.717, 1.165) is 52.7 Å². The number of carbonyl (C=O) groups is 4. The van der Waals surface area contributed by atoms with E-state index in [9.17, 15) is 19.2 Å². The van der Waals surface area contributed by atoms with Crippen molar-refractivity contribution in [2.45, 2.75) is 64.5 Å². The fraction of sp³-hybridized carbons (Fsp3) is 0.680. The highest BCUT2D eigenvalue weighted by atomic mass is 32.1. The second kappa shape index (κ2) is 14.0. The predicted molar refractivity (Wildman–Crippen MR) is 140 cm³/mol. The van der Waals surface area contributed by atoms with Crippen LogP contribution in [-0.4, -0.2) is 76.0 Å². The summed E-state index contributed by atoms with van der Waals surface area (Å²) < 4.78 is 20.4. The Morgan fingerprint density at radius 1 is 0.686 bits per heavy atom. The standard InChI is InChI=1S/C25H39O8PS/c1-8-11-14-34(15-12-9-2,16-13-10-3)25(24(29)33-7)19(23(28)32-6)17(21(26)30-4)18(20(25)35)22(27)31-5/h8-16H2,1-7H3/p+1. The Hall–Kier alpha value is -1.86. The molecular formula is C25H40O8PS+. The van der Waals surface area contributed by atoms with E-state index in [-0.39, 0.29) is 21.6 Å². The molecular weight excluding hydrogens is 491 g/mol. The lowest BCUT2D eigenvalue weighted by Crippen LogP contribution is -2.48. The van der Waals surface area contributed by atoms with Gasteiger partial charge in [-0.25, -0.2) is 19.2 Å². The molecule has 0 saturated carbocycles. The number of hydrogen-bond acceptors (Lipinski definition) is 9. The van der Waals surface area contributed by atoms with Gasteiger partial charge >= 0.3 is 23.9 Å². The number of methoxy groups -OCH3 is 4. The fourth-order valence-corrected chi connectivity index (χ4v) is 12.1. The van der Waals surface area contributed by atoms with Crippen LogP contribution in [0.3, 0.4) is 0 Å². The molecule has 0 saturated heterocycles. The zero-order chi connectivity index (χ0) is 26.8. The normalized spacial score (nSPS) is 17.9. The summed E-state index contributed by atoms with van der Waals surface area (Å²) in [5.41, 5.74) is -0.807. The highest BCUT2D eigenvalue weighted by Crippen LogP contribution is 2.77. The number of esters is 4. The second-order valence-corrected chi connectivity index (χ2v) is 13.3. The van der Waals surface area contributed by atoms with Gasteiger partial charge in [0, 0.05) is 7.26 Å². The lowest BCUT2D eigenvalue weighted by molar-refractivity contribution is -0.145. The quantitative estimate of drug-likeness (QED) is 0.153. The Bertz CT molecular complexity index is 857. The molecule has 198 valence electrons. The lowest BCUT2D eigenvalue weighted by atomic mass is 9.98. The van der Waals surface area contributed by atoms with Crippen LogP contribution in [0.15, 0.2) is 21.6 Å². The summed E-state index contributed by atoms with van der Waals surface area (Å²) >= 11 is 4.75. The minimum Gasteiger partial charge on any atom is -0.465 e. The van der Waals surface area contributed by atoms with Gasteiger partial charge in [0.1, 0.15) is 5.57 Å². The van der Waals surface area contributed by atoms with Crippen LogP contribution in [0.2, 0.25) is 0 Å². The van der Waals surface area contributed by atoms with Gasteiger partial charge in [0.25, 0.3) is 0 Å². The van der Waals surface area contributed by atoms with Crippen LogP contribution in [0.5, 0.6) is 0 Å². The molecule has 1 rings (SSSR count). The van der Waals surface area contributed by atoms with Crippen molar-refractivity contribution >= 4 is 43.8 Å². The molecule has 1 aliphatic rings. The molecule has 10 heteroatoms. The SMILES string of the molecule is CCCC[P+](CCCC)(CCCC)C1(C(=O)OC)C(S)=C(C(=O)OC)C(C(=O)OC)=C1C(=O)OC. The van der Waals surface area contributed by atoms with Crippen LogP contribution in [0, 0.1) is 0 Å². The van der Waals surface area contributed by atoms with Crippen LogP contribution in [0.25, 0.3) is 0 Å². The molecule has 0 fully saturated rings. The van der Waals surface area contributed by atoms with Gasteiger partial charge in [0.15, 0.2) is 0 Å². The van der Waals surface area contributed by atoms with Crippen LogP contribution in [0.4, 0.5) is 0 Å². The maximum absolute atomic E-state index is 14.0. The van der Waals surface area contributed by atoms with E-state index in [1.54, 1.807) is 0 Å². The molecule has 1 aliphatic carbocycles. The Kier molecular flexibility index (Phi) is 12.5. The molecule has 0 aromatic rings. The van der Waals surface area contributed by atoms with Crippen LogP contribution >= 0.6 is 19.9 Å². The van der Waals surface area contributed by atoms with E-state index >= 15 is 0 Å². The minimum atomic E-state index is -2.53. The Balaban J connectivity index is 4.42. The van der Waals surface area contributed by atoms with Crippen molar-refractivity contribution in [2.24, 2.45) is 0 Å². The molecule has 0 bridgehead atoms. The molecule has 1 unspecified atom stereocenters. The Labute approximate surface area is 214 Å². The van der Waals surface area contributed by atoms with Gasteiger partial charge in [-0.1, -0.05) is 40.0 Å². The van der Waals surface area contributed by atoms with E-state index in [0.29, 0.717) is 18.5 Å². The van der Waals surface area contributed by atoms with Gasteiger partial charge in [0.2, 0.25) is 5.16 Å². The molecule has 0 spiro atoms. The minimum absolute atomic E-state index is 0.00800. The number of rotatable bonds is 14. The summed E-state index contributed by atoms with van der Waals surface area (Å²) in [5, 5.41) is -1.73. The number of unbranched alkanes of at least 4 members (excludes halogenated alkanes) is 3. The van der Waals surface area contributed by atoms with E-state index in [4.69, 9.17) is 31.6 Å². The maximum atomic E-state index is 14.0. The van der Waals surface area contributed by atoms with Gasteiger partial charge in [-0.05, 0) is 19.3 Å². The van der Waals surface area contributed by atoms with Crippen molar-refractivity contribution in [3.05, 3.63) is 21.6 Å². The van der Waals surface area contributed by atoms with E-state index < -0.39 is 36.3 Å². The average molecular weight is 532 g/mol. The molecule has 1 atom stereocenters. The van der Waals surface area contributed by atoms with Crippen LogP contribution in [0.1, 0.15) is 59.3 Å². The summed E-state index contributed by atoms with van der Waals surface area (Å²) in [6.07, 6.45) is 6.99. The highest BCUT2D eigenvalue weighted by Gasteiger charge is 2.73. The summed E-state index contributed by atoms with van der Waals surface area (Å²) in [5.74, 6) is -3.44. The molecule has 0 heterocycles. The number of hydrogen-bond donors (Lipinski definition) is 1. The predicted octanol–water partition coefficient (Wildman–Crippen LogP) is 4.33. The number of thiol groups is 1.